The van der Waals surface area contributed by atoms with Crippen molar-refractivity contribution in [1.82, 2.24) is 9.97 Å². The summed E-state index contributed by atoms with van der Waals surface area (Å²) in [5.74, 6) is -2.68. The Hall–Kier alpha value is -4.27. The van der Waals surface area contributed by atoms with E-state index in [2.05, 4.69) is 31.7 Å². The van der Waals surface area contributed by atoms with Crippen molar-refractivity contribution in [2.24, 2.45) is 9.98 Å². The van der Waals surface area contributed by atoms with Crippen LogP contribution >= 0.6 is 23.3 Å². The van der Waals surface area contributed by atoms with E-state index >= 15 is 0 Å². The minimum absolute atomic E-state index is 0.0523. The number of nitrogens with one attached hydrogen (secondary N) is 2. The molecule has 1 saturated heterocycles. The van der Waals surface area contributed by atoms with Gasteiger partial charge in [0.05, 0.1) is 52.1 Å². The molecule has 4 aromatic rings. The lowest BCUT2D eigenvalue weighted by Crippen LogP contribution is -2.37. The van der Waals surface area contributed by atoms with E-state index in [1.54, 1.807) is 18.3 Å². The van der Waals surface area contributed by atoms with E-state index < -0.39 is 23.3 Å². The topological polar surface area (TPSA) is 87.0 Å². The number of pyridine rings is 1. The second-order valence-electron chi connectivity index (χ2n) is 10.4. The number of morpholine rings is 1. The third kappa shape index (κ3) is 8.11. The fourth-order valence-electron chi connectivity index (χ4n) is 4.45. The Morgan fingerprint density at radius 1 is 1.13 bits per heavy atom. The monoisotopic (exact) mass is 669 g/mol. The Morgan fingerprint density at radius 2 is 1.93 bits per heavy atom. The fraction of sp³-hybridized carbons (Fsp3) is 0.250. The average molecular weight is 670 g/mol. The van der Waals surface area contributed by atoms with Gasteiger partial charge in [-0.15, -0.1) is 11.3 Å². The number of hydrogen-bond acceptors (Lipinski definition) is 10. The van der Waals surface area contributed by atoms with Gasteiger partial charge in [-0.3, -0.25) is 9.98 Å². The third-order valence-corrected chi connectivity index (χ3v) is 8.95. The first-order chi connectivity index (χ1) is 22.2. The Balaban J connectivity index is 1.33. The lowest BCUT2D eigenvalue weighted by molar-refractivity contribution is 0.122. The molecule has 3 heterocycles. The van der Waals surface area contributed by atoms with Gasteiger partial charge in [0, 0.05) is 41.7 Å². The van der Waals surface area contributed by atoms with Gasteiger partial charge in [0.25, 0.3) is 0 Å². The molecule has 14 heteroatoms. The smallest absolute Gasteiger partial charge is 0.182 e. The standard InChI is InChI=1S/C32H31F4N7OS2/c1-19(2)32-41-29(20-13-24(34)28(36)27(14-20)42-46-23-6-4-5-21(33)15-23)30(45-32)26(37-3)7-8-38-18-40-22-16-25(35)31(39-17-22)43-9-11-44-12-10-43/h4-8,13-17,19,40,42H,3,9-12,18H2,1-2H3/b26-7-,38-8-. The van der Waals surface area contributed by atoms with Gasteiger partial charge in [0.2, 0.25) is 0 Å². The Morgan fingerprint density at radius 3 is 2.65 bits per heavy atom. The number of ether oxygens (including phenoxy) is 1. The summed E-state index contributed by atoms with van der Waals surface area (Å²) in [6.07, 6.45) is 4.71. The van der Waals surface area contributed by atoms with Gasteiger partial charge in [-0.25, -0.2) is 27.5 Å². The van der Waals surface area contributed by atoms with Gasteiger partial charge in [0.15, 0.2) is 23.3 Å². The minimum Gasteiger partial charge on any atom is -0.378 e. The first kappa shape index (κ1) is 33.1. The molecule has 46 heavy (non-hydrogen) atoms. The molecule has 0 spiro atoms. The second kappa shape index (κ2) is 15.3. The van der Waals surface area contributed by atoms with Crippen molar-refractivity contribution in [3.05, 3.63) is 87.9 Å². The van der Waals surface area contributed by atoms with Crippen LogP contribution in [0.1, 0.15) is 29.7 Å². The number of anilines is 3. The molecule has 2 N–H and O–H groups in total. The maximum Gasteiger partial charge on any atom is 0.182 e. The molecule has 0 saturated carbocycles. The van der Waals surface area contributed by atoms with Crippen molar-refractivity contribution in [1.29, 1.82) is 0 Å². The molecule has 0 bridgehead atoms. The number of aromatic nitrogens is 2. The van der Waals surface area contributed by atoms with Crippen LogP contribution in [-0.4, -0.2) is 55.9 Å². The van der Waals surface area contributed by atoms with Crippen molar-refractivity contribution in [3.63, 3.8) is 0 Å². The van der Waals surface area contributed by atoms with E-state index in [0.717, 1.165) is 23.0 Å². The second-order valence-corrected chi connectivity index (χ2v) is 12.3. The van der Waals surface area contributed by atoms with Crippen LogP contribution in [0.3, 0.4) is 0 Å². The number of allylic oxidation sites excluding steroid dienone is 1. The molecular weight excluding hydrogens is 639 g/mol. The van der Waals surface area contributed by atoms with Gasteiger partial charge in [-0.1, -0.05) is 19.9 Å². The van der Waals surface area contributed by atoms with Crippen LogP contribution in [0.5, 0.6) is 0 Å². The maximum absolute atomic E-state index is 14.8. The molecule has 240 valence electrons. The van der Waals surface area contributed by atoms with Crippen LogP contribution in [0.2, 0.25) is 0 Å². The van der Waals surface area contributed by atoms with Crippen molar-refractivity contribution in [2.45, 2.75) is 24.7 Å². The molecule has 8 nitrogen and oxygen atoms in total. The summed E-state index contributed by atoms with van der Waals surface area (Å²) >= 11 is 2.31. The number of hydrogen-bond donors (Lipinski definition) is 2. The Labute approximate surface area is 272 Å². The van der Waals surface area contributed by atoms with Crippen LogP contribution < -0.4 is 14.9 Å². The molecule has 0 unspecified atom stereocenters. The molecule has 2 aromatic heterocycles. The fourth-order valence-corrected chi connectivity index (χ4v) is 6.22. The average Bonchev–Trinajstić information content (AvgIpc) is 3.50. The van der Waals surface area contributed by atoms with Crippen LogP contribution in [0.15, 0.2) is 69.6 Å². The summed E-state index contributed by atoms with van der Waals surface area (Å²) in [4.78, 5) is 20.4. The summed E-state index contributed by atoms with van der Waals surface area (Å²) in [6, 6.07) is 9.65. The summed E-state index contributed by atoms with van der Waals surface area (Å²) in [5.41, 5.74) is 1.51. The largest absolute Gasteiger partial charge is 0.378 e. The zero-order valence-corrected chi connectivity index (χ0v) is 26.7. The number of aliphatic imine (C=N–C) groups is 2. The number of thiazole rings is 1. The zero-order valence-electron chi connectivity index (χ0n) is 25.1. The van der Waals surface area contributed by atoms with Crippen molar-refractivity contribution in [2.75, 3.05) is 47.9 Å². The predicted molar refractivity (Wildman–Crippen MR) is 179 cm³/mol. The maximum atomic E-state index is 14.8. The van der Waals surface area contributed by atoms with Crippen LogP contribution in [-0.2, 0) is 4.74 Å². The molecule has 1 aliphatic heterocycles. The van der Waals surface area contributed by atoms with Gasteiger partial charge in [-0.2, -0.15) is 0 Å². The van der Waals surface area contributed by atoms with E-state index in [1.165, 1.54) is 47.9 Å². The van der Waals surface area contributed by atoms with Crippen LogP contribution in [0.25, 0.3) is 17.0 Å². The first-order valence-electron chi connectivity index (χ1n) is 14.3. The van der Waals surface area contributed by atoms with Crippen molar-refractivity contribution < 1.29 is 22.3 Å². The quantitative estimate of drug-likeness (QED) is 0.0898. The number of halogens is 4. The normalized spacial score (nSPS) is 13.9. The SMILES string of the molecule is C=N/C(=C\C=N/CNc1cnc(N2CCOCC2)c(F)c1)c1sc(C(C)C)nc1-c1cc(F)c(F)c(NSc2cccc(F)c2)c1. The highest BCUT2D eigenvalue weighted by Gasteiger charge is 2.21. The van der Waals surface area contributed by atoms with Gasteiger partial charge in [-0.05, 0) is 55.1 Å². The number of rotatable bonds is 12. The van der Waals surface area contributed by atoms with Gasteiger partial charge in [0.1, 0.15) is 12.5 Å². The lowest BCUT2D eigenvalue weighted by Gasteiger charge is -2.28. The summed E-state index contributed by atoms with van der Waals surface area (Å²) < 4.78 is 66.0. The van der Waals surface area contributed by atoms with E-state index in [1.807, 2.05) is 18.7 Å². The van der Waals surface area contributed by atoms with Crippen molar-refractivity contribution in [3.8, 4) is 11.3 Å². The molecule has 0 aliphatic carbocycles. The first-order valence-corrected chi connectivity index (χ1v) is 15.9. The van der Waals surface area contributed by atoms with E-state index in [9.17, 15) is 17.6 Å². The predicted octanol–water partition coefficient (Wildman–Crippen LogP) is 8.02. The third-order valence-electron chi connectivity index (χ3n) is 6.76. The molecule has 5 rings (SSSR count). The molecule has 0 atom stereocenters. The van der Waals surface area contributed by atoms with Crippen molar-refractivity contribution >= 4 is 59.1 Å². The molecule has 1 aliphatic rings. The summed E-state index contributed by atoms with van der Waals surface area (Å²) in [7, 11) is 0. The molecule has 0 radical (unpaired) electrons. The summed E-state index contributed by atoms with van der Waals surface area (Å²) in [5, 5.41) is 3.78. The highest BCUT2D eigenvalue weighted by molar-refractivity contribution is 8.00. The van der Waals surface area contributed by atoms with Crippen LogP contribution in [0, 0.1) is 23.3 Å². The van der Waals surface area contributed by atoms with E-state index in [4.69, 9.17) is 9.72 Å². The molecule has 2 aromatic carbocycles. The van der Waals surface area contributed by atoms with Gasteiger partial charge >= 0.3 is 0 Å². The summed E-state index contributed by atoms with van der Waals surface area (Å²) in [6.45, 7) is 9.99. The Bertz CT molecular complexity index is 1760. The number of nitrogens with zero attached hydrogens (tertiary/aromatic N) is 5. The molecule has 1 fully saturated rings. The zero-order chi connectivity index (χ0) is 32.6. The molecular formula is C32H31F4N7OS2. The highest BCUT2D eigenvalue weighted by Crippen LogP contribution is 2.39. The van der Waals surface area contributed by atoms with Crippen LogP contribution in [0.4, 0.5) is 34.8 Å². The van der Waals surface area contributed by atoms with Gasteiger partial charge < -0.3 is 19.7 Å². The lowest BCUT2D eigenvalue weighted by atomic mass is 10.1. The molecule has 0 amide bonds. The Kier molecular flexibility index (Phi) is 11.0. The number of benzene rings is 2. The minimum atomic E-state index is -1.07. The highest BCUT2D eigenvalue weighted by atomic mass is 32.2. The van der Waals surface area contributed by atoms with E-state index in [0.29, 0.717) is 58.7 Å². The van der Waals surface area contributed by atoms with E-state index in [-0.39, 0.29) is 24.1 Å².